The lowest BCUT2D eigenvalue weighted by atomic mass is 9.81. The van der Waals surface area contributed by atoms with Crippen molar-refractivity contribution in [3.63, 3.8) is 0 Å². The fraction of sp³-hybridized carbons (Fsp3) is 0.250. The fourth-order valence-corrected chi connectivity index (χ4v) is 1.87. The molecule has 1 aromatic carbocycles. The maximum absolute atomic E-state index is 11.6. The van der Waals surface area contributed by atoms with E-state index in [1.165, 1.54) is 0 Å². The Labute approximate surface area is 77.9 Å². The minimum absolute atomic E-state index is 0.414. The largest absolute Gasteiger partial charge is 0.488 e. The smallest absolute Gasteiger partial charge is 0.423 e. The fourth-order valence-electron chi connectivity index (χ4n) is 1.01. The van der Waals surface area contributed by atoms with Gasteiger partial charge >= 0.3 is 7.12 Å². The molecule has 0 aliphatic rings. The number of benzene rings is 1. The van der Waals surface area contributed by atoms with Crippen LogP contribution in [0.3, 0.4) is 0 Å². The molecule has 0 aliphatic carbocycles. The molecule has 0 fully saturated rings. The van der Waals surface area contributed by atoms with E-state index in [1.54, 1.807) is 37.6 Å². The van der Waals surface area contributed by atoms with E-state index in [-0.39, 0.29) is 0 Å². The zero-order valence-corrected chi connectivity index (χ0v) is 8.53. The third-order valence-corrected chi connectivity index (χ3v) is 3.35. The Kier molecular flexibility index (Phi) is 2.96. The van der Waals surface area contributed by atoms with Crippen LogP contribution in [0.2, 0.25) is 0 Å². The first-order chi connectivity index (χ1) is 5.91. The average Bonchev–Trinajstić information content (AvgIpc) is 2.03. The standard InChI is InChI=1S/C8H12BO3P/c1-13(2,12)8-5-3-7(4-6-8)9(10)11/h3-6,10-11H,1-2H3. The Morgan fingerprint density at radius 1 is 1.15 bits per heavy atom. The maximum atomic E-state index is 11.6. The van der Waals surface area contributed by atoms with Gasteiger partial charge in [0.25, 0.3) is 0 Å². The first-order valence-corrected chi connectivity index (χ1v) is 6.53. The molecule has 0 spiro atoms. The Bertz CT molecular complexity index is 328. The molecule has 0 saturated carbocycles. The normalized spacial score (nSPS) is 11.4. The van der Waals surface area contributed by atoms with Gasteiger partial charge in [0, 0.05) is 5.30 Å². The van der Waals surface area contributed by atoms with E-state index in [0.29, 0.717) is 5.46 Å². The van der Waals surface area contributed by atoms with Gasteiger partial charge in [-0.15, -0.1) is 0 Å². The molecule has 70 valence electrons. The Morgan fingerprint density at radius 3 is 1.92 bits per heavy atom. The highest BCUT2D eigenvalue weighted by Gasteiger charge is 2.14. The summed E-state index contributed by atoms with van der Waals surface area (Å²) in [7, 11) is -3.69. The molecule has 13 heavy (non-hydrogen) atoms. The summed E-state index contributed by atoms with van der Waals surface area (Å²) in [6.45, 7) is 3.36. The number of hydrogen-bond acceptors (Lipinski definition) is 3. The average molecular weight is 198 g/mol. The van der Waals surface area contributed by atoms with Gasteiger partial charge in [0.2, 0.25) is 0 Å². The molecule has 1 aromatic rings. The molecule has 0 unspecified atom stereocenters. The summed E-state index contributed by atoms with van der Waals surface area (Å²) in [6.07, 6.45) is 0. The summed E-state index contributed by atoms with van der Waals surface area (Å²) in [6, 6.07) is 6.46. The van der Waals surface area contributed by atoms with E-state index < -0.39 is 14.3 Å². The number of hydrogen-bond donors (Lipinski definition) is 2. The summed E-state index contributed by atoms with van der Waals surface area (Å²) in [5.74, 6) is 0. The van der Waals surface area contributed by atoms with Crippen LogP contribution in [0.4, 0.5) is 0 Å². The molecule has 0 atom stereocenters. The first-order valence-electron chi connectivity index (χ1n) is 3.93. The molecule has 5 heteroatoms. The SMILES string of the molecule is CP(C)(=O)c1ccc(B(O)O)cc1. The van der Waals surface area contributed by atoms with Crippen LogP contribution in [0.25, 0.3) is 0 Å². The van der Waals surface area contributed by atoms with Crippen molar-refractivity contribution in [2.24, 2.45) is 0 Å². The van der Waals surface area contributed by atoms with Gasteiger partial charge in [0.1, 0.15) is 7.14 Å². The van der Waals surface area contributed by atoms with Gasteiger partial charge in [-0.25, -0.2) is 0 Å². The van der Waals surface area contributed by atoms with Crippen molar-refractivity contribution in [2.75, 3.05) is 13.3 Å². The van der Waals surface area contributed by atoms with E-state index >= 15 is 0 Å². The van der Waals surface area contributed by atoms with E-state index in [4.69, 9.17) is 10.0 Å². The van der Waals surface area contributed by atoms with E-state index in [2.05, 4.69) is 0 Å². The molecule has 0 amide bonds. The summed E-state index contributed by atoms with van der Waals surface area (Å²) < 4.78 is 11.6. The van der Waals surface area contributed by atoms with Crippen LogP contribution in [0.5, 0.6) is 0 Å². The molecule has 0 heterocycles. The van der Waals surface area contributed by atoms with Crippen LogP contribution >= 0.6 is 7.14 Å². The monoisotopic (exact) mass is 198 g/mol. The van der Waals surface area contributed by atoms with Crippen LogP contribution in [0.15, 0.2) is 24.3 Å². The molecule has 0 radical (unpaired) electrons. The van der Waals surface area contributed by atoms with Crippen molar-refractivity contribution in [2.45, 2.75) is 0 Å². The summed E-state index contributed by atoms with van der Waals surface area (Å²) in [5, 5.41) is 18.4. The predicted octanol–water partition coefficient (Wildman–Crippen LogP) is -0.386. The van der Waals surface area contributed by atoms with Gasteiger partial charge in [-0.1, -0.05) is 24.3 Å². The van der Waals surface area contributed by atoms with E-state index in [9.17, 15) is 4.57 Å². The topological polar surface area (TPSA) is 57.5 Å². The van der Waals surface area contributed by atoms with E-state index in [1.807, 2.05) is 0 Å². The molecule has 1 rings (SSSR count). The van der Waals surface area contributed by atoms with E-state index in [0.717, 1.165) is 5.30 Å². The van der Waals surface area contributed by atoms with Gasteiger partial charge < -0.3 is 14.6 Å². The molecule has 0 aromatic heterocycles. The molecule has 3 nitrogen and oxygen atoms in total. The third-order valence-electron chi connectivity index (χ3n) is 1.81. The van der Waals surface area contributed by atoms with Crippen LogP contribution in [0, 0.1) is 0 Å². The predicted molar refractivity (Wildman–Crippen MR) is 55.4 cm³/mol. The van der Waals surface area contributed by atoms with Crippen molar-refractivity contribution in [3.05, 3.63) is 24.3 Å². The zero-order valence-electron chi connectivity index (χ0n) is 7.64. The molecule has 0 aliphatic heterocycles. The minimum Gasteiger partial charge on any atom is -0.423 e. The maximum Gasteiger partial charge on any atom is 0.488 e. The highest BCUT2D eigenvalue weighted by Crippen LogP contribution is 2.33. The minimum atomic E-state index is -2.23. The van der Waals surface area contributed by atoms with Crippen LogP contribution < -0.4 is 10.8 Å². The summed E-state index contributed by atoms with van der Waals surface area (Å²) in [4.78, 5) is 0. The lowest BCUT2D eigenvalue weighted by molar-refractivity contribution is 0.426. The number of rotatable bonds is 2. The van der Waals surface area contributed by atoms with Crippen molar-refractivity contribution in [3.8, 4) is 0 Å². The van der Waals surface area contributed by atoms with Crippen molar-refractivity contribution in [1.82, 2.24) is 0 Å². The lowest BCUT2D eigenvalue weighted by Gasteiger charge is -2.07. The second-order valence-corrected chi connectivity index (χ2v) is 6.53. The summed E-state index contributed by atoms with van der Waals surface area (Å²) in [5.41, 5.74) is 0.414. The molecular formula is C8H12BO3P. The van der Waals surface area contributed by atoms with Crippen molar-refractivity contribution >= 4 is 25.0 Å². The zero-order chi connectivity index (χ0) is 10.1. The Hall–Kier alpha value is -0.565. The van der Waals surface area contributed by atoms with Gasteiger partial charge in [0.15, 0.2) is 0 Å². The molecule has 0 saturated heterocycles. The highest BCUT2D eigenvalue weighted by molar-refractivity contribution is 7.70. The molecule has 2 N–H and O–H groups in total. The lowest BCUT2D eigenvalue weighted by Crippen LogP contribution is -2.30. The van der Waals surface area contributed by atoms with Gasteiger partial charge in [0.05, 0.1) is 0 Å². The van der Waals surface area contributed by atoms with Gasteiger partial charge in [-0.3, -0.25) is 0 Å². The second kappa shape index (κ2) is 3.66. The summed E-state index contributed by atoms with van der Waals surface area (Å²) >= 11 is 0. The first kappa shape index (κ1) is 10.5. The van der Waals surface area contributed by atoms with Crippen LogP contribution in [-0.4, -0.2) is 30.5 Å². The molecule has 0 bridgehead atoms. The molecular weight excluding hydrogens is 186 g/mol. The van der Waals surface area contributed by atoms with Crippen LogP contribution in [-0.2, 0) is 4.57 Å². The second-order valence-electron chi connectivity index (χ2n) is 3.32. The Balaban J connectivity index is 3.01. The van der Waals surface area contributed by atoms with Crippen LogP contribution in [0.1, 0.15) is 0 Å². The van der Waals surface area contributed by atoms with Gasteiger partial charge in [-0.2, -0.15) is 0 Å². The Morgan fingerprint density at radius 2 is 1.62 bits per heavy atom. The van der Waals surface area contributed by atoms with Crippen molar-refractivity contribution in [1.29, 1.82) is 0 Å². The highest BCUT2D eigenvalue weighted by atomic mass is 31.2. The third kappa shape index (κ3) is 2.69. The van der Waals surface area contributed by atoms with Gasteiger partial charge in [-0.05, 0) is 18.8 Å². The van der Waals surface area contributed by atoms with Crippen molar-refractivity contribution < 1.29 is 14.6 Å². The quantitative estimate of drug-likeness (QED) is 0.502.